The molecule has 6 heteroatoms. The molecule has 136 valence electrons. The van der Waals surface area contributed by atoms with Gasteiger partial charge in [-0.3, -0.25) is 9.78 Å². The molecular weight excluding hydrogens is 380 g/mol. The molecule has 0 aliphatic carbocycles. The number of aromatic nitrogens is 1. The van der Waals surface area contributed by atoms with Crippen LogP contribution in [-0.4, -0.2) is 28.6 Å². The molecule has 4 rings (SSSR count). The van der Waals surface area contributed by atoms with Crippen LogP contribution in [0.2, 0.25) is 5.02 Å². The van der Waals surface area contributed by atoms with E-state index in [1.165, 1.54) is 11.3 Å². The van der Waals surface area contributed by atoms with Gasteiger partial charge in [-0.2, -0.15) is 0 Å². The number of aliphatic hydroxyl groups is 1. The van der Waals surface area contributed by atoms with Crippen molar-refractivity contribution in [2.24, 2.45) is 0 Å². The first kappa shape index (κ1) is 17.9. The first-order valence-electron chi connectivity index (χ1n) is 8.57. The van der Waals surface area contributed by atoms with Crippen molar-refractivity contribution in [2.45, 2.75) is 13.0 Å². The molecule has 2 N–H and O–H groups in total. The average molecular weight is 397 g/mol. The zero-order chi connectivity index (χ0) is 19.0. The third-order valence-electron chi connectivity index (χ3n) is 4.32. The quantitative estimate of drug-likeness (QED) is 0.516. The fraction of sp³-hybridized carbons (Fsp3) is 0.143. The van der Waals surface area contributed by atoms with E-state index in [2.05, 4.69) is 10.3 Å². The lowest BCUT2D eigenvalue weighted by Gasteiger charge is -2.08. The summed E-state index contributed by atoms with van der Waals surface area (Å²) in [4.78, 5) is 18.0. The SMILES string of the molecule is C[C@H](O)CNC(=O)c1sc2c(cnc3ccccc32)c1-c1ccc(Cl)cc1. The van der Waals surface area contributed by atoms with Gasteiger partial charge in [0, 0.05) is 38.8 Å². The van der Waals surface area contributed by atoms with Gasteiger partial charge in [-0.15, -0.1) is 11.3 Å². The summed E-state index contributed by atoms with van der Waals surface area (Å²) >= 11 is 7.49. The highest BCUT2D eigenvalue weighted by atomic mass is 35.5. The van der Waals surface area contributed by atoms with Gasteiger partial charge in [-0.1, -0.05) is 41.9 Å². The zero-order valence-electron chi connectivity index (χ0n) is 14.6. The number of nitrogens with one attached hydrogen (secondary N) is 1. The second-order valence-corrected chi connectivity index (χ2v) is 7.85. The standard InChI is InChI=1S/C21H17ClN2O2S/c1-12(25)10-24-21(26)20-18(13-6-8-14(22)9-7-13)16-11-23-17-5-3-2-4-15(17)19(16)27-20/h2-9,11-12,25H,10H2,1H3,(H,24,26)/t12-/m0/s1. The lowest BCUT2D eigenvalue weighted by Crippen LogP contribution is -2.30. The molecule has 0 bridgehead atoms. The Kier molecular flexibility index (Phi) is 4.83. The first-order valence-corrected chi connectivity index (χ1v) is 9.76. The van der Waals surface area contributed by atoms with Crippen LogP contribution in [0.3, 0.4) is 0 Å². The molecule has 1 amide bonds. The second kappa shape index (κ2) is 7.27. The number of benzene rings is 2. The van der Waals surface area contributed by atoms with E-state index in [1.807, 2.05) is 54.7 Å². The molecule has 0 saturated heterocycles. The summed E-state index contributed by atoms with van der Waals surface area (Å²) in [5, 5.41) is 14.9. The van der Waals surface area contributed by atoms with E-state index in [0.29, 0.717) is 9.90 Å². The number of halogens is 1. The van der Waals surface area contributed by atoms with Crippen LogP contribution in [0.15, 0.2) is 54.7 Å². The largest absolute Gasteiger partial charge is 0.392 e. The van der Waals surface area contributed by atoms with Gasteiger partial charge in [0.1, 0.15) is 4.88 Å². The monoisotopic (exact) mass is 396 g/mol. The summed E-state index contributed by atoms with van der Waals surface area (Å²) in [6.07, 6.45) is 1.22. The smallest absolute Gasteiger partial charge is 0.262 e. The van der Waals surface area contributed by atoms with Crippen LogP contribution >= 0.6 is 22.9 Å². The molecule has 0 radical (unpaired) electrons. The fourth-order valence-electron chi connectivity index (χ4n) is 3.06. The van der Waals surface area contributed by atoms with Gasteiger partial charge in [0.2, 0.25) is 0 Å². The molecule has 2 aromatic heterocycles. The number of para-hydroxylation sites is 1. The van der Waals surface area contributed by atoms with Gasteiger partial charge < -0.3 is 10.4 Å². The maximum Gasteiger partial charge on any atom is 0.262 e. The number of carbonyl (C=O) groups is 1. The van der Waals surface area contributed by atoms with E-state index in [1.54, 1.807) is 6.92 Å². The Hall–Kier alpha value is -2.47. The molecule has 2 heterocycles. The molecule has 2 aromatic carbocycles. The number of aliphatic hydroxyl groups excluding tert-OH is 1. The topological polar surface area (TPSA) is 62.2 Å². The summed E-state index contributed by atoms with van der Waals surface area (Å²) in [5.41, 5.74) is 2.64. The number of pyridine rings is 1. The normalized spacial score (nSPS) is 12.4. The predicted octanol–water partition coefficient (Wildman–Crippen LogP) is 4.88. The molecular formula is C21H17ClN2O2S. The van der Waals surface area contributed by atoms with E-state index in [0.717, 1.165) is 32.1 Å². The Morgan fingerprint density at radius 2 is 1.93 bits per heavy atom. The van der Waals surface area contributed by atoms with Gasteiger partial charge >= 0.3 is 0 Å². The zero-order valence-corrected chi connectivity index (χ0v) is 16.1. The van der Waals surface area contributed by atoms with Crippen LogP contribution in [0.25, 0.3) is 32.1 Å². The molecule has 0 aliphatic heterocycles. The maximum absolute atomic E-state index is 12.9. The minimum absolute atomic E-state index is 0.201. The van der Waals surface area contributed by atoms with Crippen LogP contribution in [0.1, 0.15) is 16.6 Å². The van der Waals surface area contributed by atoms with Gasteiger partial charge in [0.15, 0.2) is 0 Å². The molecule has 1 atom stereocenters. The van der Waals surface area contributed by atoms with E-state index < -0.39 is 6.10 Å². The predicted molar refractivity (Wildman–Crippen MR) is 112 cm³/mol. The summed E-state index contributed by atoms with van der Waals surface area (Å²) in [7, 11) is 0. The van der Waals surface area contributed by atoms with Gasteiger partial charge in [-0.05, 0) is 30.7 Å². The molecule has 4 nitrogen and oxygen atoms in total. The number of carbonyl (C=O) groups excluding carboxylic acids is 1. The number of fused-ring (bicyclic) bond motifs is 3. The maximum atomic E-state index is 12.9. The highest BCUT2D eigenvalue weighted by molar-refractivity contribution is 7.22. The lowest BCUT2D eigenvalue weighted by molar-refractivity contribution is 0.0928. The second-order valence-electron chi connectivity index (χ2n) is 6.39. The molecule has 0 fully saturated rings. The van der Waals surface area contributed by atoms with E-state index >= 15 is 0 Å². The fourth-order valence-corrected chi connectivity index (χ4v) is 4.44. The molecule has 4 aromatic rings. The van der Waals surface area contributed by atoms with Crippen LogP contribution in [0.4, 0.5) is 0 Å². The number of thiophene rings is 1. The van der Waals surface area contributed by atoms with Crippen molar-refractivity contribution in [3.63, 3.8) is 0 Å². The van der Waals surface area contributed by atoms with Gasteiger partial charge in [-0.25, -0.2) is 0 Å². The molecule has 0 aliphatic rings. The Morgan fingerprint density at radius 1 is 1.19 bits per heavy atom. The van der Waals surface area contributed by atoms with Crippen LogP contribution in [0.5, 0.6) is 0 Å². The third kappa shape index (κ3) is 3.41. The lowest BCUT2D eigenvalue weighted by atomic mass is 10.0. The molecule has 0 spiro atoms. The molecule has 0 saturated carbocycles. The van der Waals surface area contributed by atoms with Gasteiger partial charge in [0.25, 0.3) is 5.91 Å². The van der Waals surface area contributed by atoms with Crippen molar-refractivity contribution in [3.8, 4) is 11.1 Å². The Labute approximate surface area is 165 Å². The van der Waals surface area contributed by atoms with Crippen molar-refractivity contribution < 1.29 is 9.90 Å². The van der Waals surface area contributed by atoms with Gasteiger partial charge in [0.05, 0.1) is 11.6 Å². The van der Waals surface area contributed by atoms with E-state index in [-0.39, 0.29) is 12.5 Å². The highest BCUT2D eigenvalue weighted by Crippen LogP contribution is 2.41. The van der Waals surface area contributed by atoms with Crippen LogP contribution in [-0.2, 0) is 0 Å². The minimum atomic E-state index is -0.607. The Bertz CT molecular complexity index is 1140. The van der Waals surface area contributed by atoms with E-state index in [9.17, 15) is 9.90 Å². The average Bonchev–Trinajstić information content (AvgIpc) is 3.07. The van der Waals surface area contributed by atoms with Crippen molar-refractivity contribution in [3.05, 3.63) is 64.6 Å². The van der Waals surface area contributed by atoms with E-state index in [4.69, 9.17) is 11.6 Å². The molecule has 0 unspecified atom stereocenters. The summed E-state index contributed by atoms with van der Waals surface area (Å²) in [6, 6.07) is 15.3. The Balaban J connectivity index is 1.96. The van der Waals surface area contributed by atoms with Crippen molar-refractivity contribution in [2.75, 3.05) is 6.54 Å². The number of nitrogens with zero attached hydrogens (tertiary/aromatic N) is 1. The highest BCUT2D eigenvalue weighted by Gasteiger charge is 2.21. The van der Waals surface area contributed by atoms with Crippen molar-refractivity contribution in [1.29, 1.82) is 0 Å². The number of hydrogen-bond acceptors (Lipinski definition) is 4. The third-order valence-corrected chi connectivity index (χ3v) is 5.81. The first-order chi connectivity index (χ1) is 13.0. The van der Waals surface area contributed by atoms with Crippen molar-refractivity contribution >= 4 is 49.8 Å². The summed E-state index contributed by atoms with van der Waals surface area (Å²) < 4.78 is 1.02. The Morgan fingerprint density at radius 3 is 2.67 bits per heavy atom. The number of rotatable bonds is 4. The summed E-state index contributed by atoms with van der Waals surface area (Å²) in [5.74, 6) is -0.203. The number of hydrogen-bond donors (Lipinski definition) is 2. The van der Waals surface area contributed by atoms with Crippen LogP contribution < -0.4 is 5.32 Å². The van der Waals surface area contributed by atoms with Crippen molar-refractivity contribution in [1.82, 2.24) is 10.3 Å². The minimum Gasteiger partial charge on any atom is -0.392 e. The summed E-state index contributed by atoms with van der Waals surface area (Å²) in [6.45, 7) is 1.84. The molecule has 27 heavy (non-hydrogen) atoms. The van der Waals surface area contributed by atoms with Crippen LogP contribution in [0, 0.1) is 0 Å². The number of amides is 1.